The maximum Gasteiger partial charge on any atom is 0.586 e. The molecule has 1 amide bonds. The first kappa shape index (κ1) is 22.6. The molecule has 0 radical (unpaired) electrons. The van der Waals surface area contributed by atoms with E-state index in [0.717, 1.165) is 5.56 Å². The largest absolute Gasteiger partial charge is 0.586 e. The van der Waals surface area contributed by atoms with Crippen LogP contribution in [0.1, 0.15) is 34.3 Å². The van der Waals surface area contributed by atoms with E-state index in [-0.39, 0.29) is 28.8 Å². The molecule has 35 heavy (non-hydrogen) atoms. The van der Waals surface area contributed by atoms with Crippen molar-refractivity contribution in [1.29, 1.82) is 0 Å². The molecule has 2 aliphatic rings. The van der Waals surface area contributed by atoms with Crippen molar-refractivity contribution in [2.45, 2.75) is 31.5 Å². The highest BCUT2D eigenvalue weighted by Gasteiger charge is 2.53. The molecule has 0 spiro atoms. The number of benzene rings is 2. The number of halogens is 2. The van der Waals surface area contributed by atoms with Gasteiger partial charge < -0.3 is 24.6 Å². The van der Waals surface area contributed by atoms with Gasteiger partial charge in [-0.15, -0.1) is 8.78 Å². The summed E-state index contributed by atoms with van der Waals surface area (Å²) in [6.07, 6.45) is -2.68. The van der Waals surface area contributed by atoms with Crippen molar-refractivity contribution >= 4 is 17.7 Å². The third-order valence-corrected chi connectivity index (χ3v) is 6.18. The van der Waals surface area contributed by atoms with Gasteiger partial charge in [-0.05, 0) is 67.3 Å². The molecular formula is C25H20F2N2O6. The van der Waals surface area contributed by atoms with Gasteiger partial charge in [0.2, 0.25) is 5.91 Å². The van der Waals surface area contributed by atoms with Crippen LogP contribution in [0.25, 0.3) is 11.3 Å². The van der Waals surface area contributed by atoms with Crippen molar-refractivity contribution in [3.8, 4) is 28.5 Å². The Kier molecular flexibility index (Phi) is 5.12. The number of hydrogen-bond acceptors (Lipinski definition) is 6. The quantitative estimate of drug-likeness (QED) is 0.522. The van der Waals surface area contributed by atoms with Crippen LogP contribution in [0.2, 0.25) is 0 Å². The number of hydrogen-bond donors (Lipinski definition) is 2. The predicted molar refractivity (Wildman–Crippen MR) is 120 cm³/mol. The van der Waals surface area contributed by atoms with Gasteiger partial charge in [0.15, 0.2) is 11.5 Å². The fraction of sp³-hybridized carbons (Fsp3) is 0.240. The maximum absolute atomic E-state index is 13.4. The monoisotopic (exact) mass is 482 g/mol. The minimum atomic E-state index is -3.73. The van der Waals surface area contributed by atoms with Gasteiger partial charge in [0.05, 0.1) is 23.8 Å². The summed E-state index contributed by atoms with van der Waals surface area (Å²) < 4.78 is 41.1. The fourth-order valence-electron chi connectivity index (χ4n) is 4.15. The van der Waals surface area contributed by atoms with Crippen LogP contribution in [0.3, 0.4) is 0 Å². The molecule has 0 saturated heterocycles. The van der Waals surface area contributed by atoms with E-state index in [9.17, 15) is 23.5 Å². The fourth-order valence-corrected chi connectivity index (χ4v) is 4.15. The summed E-state index contributed by atoms with van der Waals surface area (Å²) in [6.45, 7) is 1.81. The molecule has 1 saturated carbocycles. The van der Waals surface area contributed by atoms with Gasteiger partial charge in [-0.3, -0.25) is 4.79 Å². The van der Waals surface area contributed by atoms with E-state index in [1.807, 2.05) is 6.92 Å². The molecule has 2 aromatic carbocycles. The van der Waals surface area contributed by atoms with Crippen LogP contribution >= 0.6 is 0 Å². The zero-order chi connectivity index (χ0) is 25.0. The minimum Gasteiger partial charge on any atom is -0.496 e. The van der Waals surface area contributed by atoms with Gasteiger partial charge in [0.1, 0.15) is 11.6 Å². The first-order chi connectivity index (χ1) is 16.6. The van der Waals surface area contributed by atoms with Crippen LogP contribution in [-0.2, 0) is 10.2 Å². The second kappa shape index (κ2) is 7.93. The Hall–Kier alpha value is -4.21. The maximum atomic E-state index is 13.4. The Morgan fingerprint density at radius 2 is 1.80 bits per heavy atom. The number of ether oxygens (including phenoxy) is 3. The molecule has 3 aromatic rings. The zero-order valence-corrected chi connectivity index (χ0v) is 18.7. The summed E-state index contributed by atoms with van der Waals surface area (Å²) in [5.41, 5.74) is 1.39. The lowest BCUT2D eigenvalue weighted by atomic mass is 9.94. The summed E-state index contributed by atoms with van der Waals surface area (Å²) in [5, 5.41) is 12.2. The first-order valence-corrected chi connectivity index (χ1v) is 10.7. The lowest BCUT2D eigenvalue weighted by Gasteiger charge is -2.17. The minimum absolute atomic E-state index is 0.0711. The summed E-state index contributed by atoms with van der Waals surface area (Å²) in [4.78, 5) is 29.3. The lowest BCUT2D eigenvalue weighted by Crippen LogP contribution is -2.28. The van der Waals surface area contributed by atoms with E-state index in [4.69, 9.17) is 4.74 Å². The second-order valence-electron chi connectivity index (χ2n) is 8.45. The van der Waals surface area contributed by atoms with Gasteiger partial charge in [-0.2, -0.15) is 0 Å². The Bertz CT molecular complexity index is 1370. The number of nitrogens with one attached hydrogen (secondary N) is 1. The highest BCUT2D eigenvalue weighted by molar-refractivity contribution is 6.01. The number of nitrogens with zero attached hydrogens (tertiary/aromatic N) is 1. The molecule has 1 aromatic heterocycles. The number of aryl methyl sites for hydroxylation is 1. The van der Waals surface area contributed by atoms with Crippen molar-refractivity contribution in [2.24, 2.45) is 0 Å². The average molecular weight is 482 g/mol. The van der Waals surface area contributed by atoms with Crippen molar-refractivity contribution in [1.82, 2.24) is 4.98 Å². The number of pyridine rings is 1. The Labute approximate surface area is 198 Å². The molecular weight excluding hydrogens is 462 g/mol. The topological polar surface area (TPSA) is 107 Å². The number of alkyl halides is 2. The molecule has 1 fully saturated rings. The Morgan fingerprint density at radius 1 is 1.06 bits per heavy atom. The Morgan fingerprint density at radius 3 is 2.49 bits per heavy atom. The summed E-state index contributed by atoms with van der Waals surface area (Å²) >= 11 is 0. The normalized spacial score (nSPS) is 16.5. The van der Waals surface area contributed by atoms with E-state index in [0.29, 0.717) is 35.4 Å². The molecule has 2 N–H and O–H groups in total. The number of carbonyl (C=O) groups excluding carboxylic acids is 1. The highest BCUT2D eigenvalue weighted by atomic mass is 19.3. The molecule has 0 bridgehead atoms. The van der Waals surface area contributed by atoms with Crippen molar-refractivity contribution < 1.29 is 37.7 Å². The summed E-state index contributed by atoms with van der Waals surface area (Å²) in [5.74, 6) is -0.934. The van der Waals surface area contributed by atoms with Crippen LogP contribution in [0.15, 0.2) is 48.5 Å². The molecule has 8 nitrogen and oxygen atoms in total. The highest BCUT2D eigenvalue weighted by Crippen LogP contribution is 2.52. The second-order valence-corrected chi connectivity index (χ2v) is 8.45. The summed E-state index contributed by atoms with van der Waals surface area (Å²) in [6, 6.07) is 12.2. The SMILES string of the molecule is COc1ccc(C(=O)O)cc1-c1nc(NC(=O)C2(c3ccc4c(c3)OC(F)(F)O4)CC2)ccc1C. The molecule has 1 aliphatic carbocycles. The smallest absolute Gasteiger partial charge is 0.496 e. The van der Waals surface area contributed by atoms with Crippen molar-refractivity contribution in [2.75, 3.05) is 12.4 Å². The Balaban J connectivity index is 1.44. The van der Waals surface area contributed by atoms with E-state index in [1.54, 1.807) is 24.3 Å². The number of fused-ring (bicyclic) bond motifs is 1. The molecule has 5 rings (SSSR count). The third kappa shape index (κ3) is 4.01. The van der Waals surface area contributed by atoms with Gasteiger partial charge in [-0.25, -0.2) is 9.78 Å². The molecule has 2 heterocycles. The van der Waals surface area contributed by atoms with Crippen LogP contribution in [0.5, 0.6) is 17.2 Å². The van der Waals surface area contributed by atoms with Gasteiger partial charge >= 0.3 is 12.3 Å². The van der Waals surface area contributed by atoms with E-state index in [1.165, 1.54) is 31.4 Å². The van der Waals surface area contributed by atoms with E-state index < -0.39 is 17.7 Å². The average Bonchev–Trinajstić information content (AvgIpc) is 3.57. The van der Waals surface area contributed by atoms with E-state index >= 15 is 0 Å². The van der Waals surface area contributed by atoms with Gasteiger partial charge in [-0.1, -0.05) is 12.1 Å². The number of aromatic nitrogens is 1. The number of anilines is 1. The van der Waals surface area contributed by atoms with Crippen LogP contribution in [0, 0.1) is 6.92 Å². The molecule has 0 atom stereocenters. The number of carboxylic acids is 1. The first-order valence-electron chi connectivity index (χ1n) is 10.7. The molecule has 10 heteroatoms. The standard InChI is InChI=1S/C25H20F2N2O6/c1-13-3-8-20(28-21(13)16-11-14(22(30)31)4-6-17(16)33-2)29-23(32)24(9-10-24)15-5-7-18-19(12-15)35-25(26,27)34-18/h3-8,11-12H,9-10H2,1-2H3,(H,30,31)(H,28,29,32). The lowest BCUT2D eigenvalue weighted by molar-refractivity contribution is -0.286. The van der Waals surface area contributed by atoms with Crippen molar-refractivity contribution in [3.05, 3.63) is 65.2 Å². The molecule has 180 valence electrons. The predicted octanol–water partition coefficient (Wildman–Crippen LogP) is 4.76. The van der Waals surface area contributed by atoms with Gasteiger partial charge in [0, 0.05) is 5.56 Å². The van der Waals surface area contributed by atoms with Crippen LogP contribution in [0.4, 0.5) is 14.6 Å². The zero-order valence-electron chi connectivity index (χ0n) is 18.7. The number of aromatic carboxylic acids is 1. The van der Waals surface area contributed by atoms with E-state index in [2.05, 4.69) is 19.8 Å². The van der Waals surface area contributed by atoms with Crippen LogP contribution in [-0.4, -0.2) is 35.4 Å². The van der Waals surface area contributed by atoms with Crippen LogP contribution < -0.4 is 19.5 Å². The number of amides is 1. The number of carbonyl (C=O) groups is 2. The number of carboxylic acid groups (broad SMARTS) is 1. The number of rotatable bonds is 6. The molecule has 1 aliphatic heterocycles. The third-order valence-electron chi connectivity index (χ3n) is 6.18. The molecule has 0 unspecified atom stereocenters. The van der Waals surface area contributed by atoms with Crippen molar-refractivity contribution in [3.63, 3.8) is 0 Å². The summed E-state index contributed by atoms with van der Waals surface area (Å²) in [7, 11) is 1.47. The van der Waals surface area contributed by atoms with Gasteiger partial charge in [0.25, 0.3) is 0 Å². The number of methoxy groups -OCH3 is 1.